The van der Waals surface area contributed by atoms with Crippen molar-refractivity contribution in [2.75, 3.05) is 6.54 Å². The summed E-state index contributed by atoms with van der Waals surface area (Å²) in [4.78, 5) is 11.4. The predicted molar refractivity (Wildman–Crippen MR) is 67.8 cm³/mol. The number of benzene rings is 1. The highest BCUT2D eigenvalue weighted by molar-refractivity contribution is 5.76. The topological polar surface area (TPSA) is 64.4 Å². The van der Waals surface area contributed by atoms with Gasteiger partial charge in [-0.05, 0) is 38.1 Å². The standard InChI is InChI=1S/C13H19FN2O2/c1-9(15)7-13(17)16-8-10(2)18-12-5-3-11(14)4-6-12/h3-6,9-10H,7-8,15H2,1-2H3,(H,16,17). The molecule has 1 aromatic carbocycles. The van der Waals surface area contributed by atoms with Crippen molar-refractivity contribution in [3.05, 3.63) is 30.1 Å². The highest BCUT2D eigenvalue weighted by Gasteiger charge is 2.08. The summed E-state index contributed by atoms with van der Waals surface area (Å²) in [6, 6.07) is 5.61. The van der Waals surface area contributed by atoms with E-state index in [1.54, 1.807) is 19.1 Å². The zero-order chi connectivity index (χ0) is 13.5. The number of rotatable bonds is 6. The molecular weight excluding hydrogens is 235 g/mol. The van der Waals surface area contributed by atoms with E-state index >= 15 is 0 Å². The van der Waals surface area contributed by atoms with Crippen molar-refractivity contribution >= 4 is 5.91 Å². The summed E-state index contributed by atoms with van der Waals surface area (Å²) in [5.74, 6) is 0.171. The van der Waals surface area contributed by atoms with Crippen molar-refractivity contribution in [1.29, 1.82) is 0 Å². The maximum atomic E-state index is 12.7. The number of nitrogens with two attached hydrogens (primary N) is 1. The molecule has 2 atom stereocenters. The van der Waals surface area contributed by atoms with Crippen molar-refractivity contribution in [2.24, 2.45) is 5.73 Å². The summed E-state index contributed by atoms with van der Waals surface area (Å²) < 4.78 is 18.2. The molecule has 1 rings (SSSR count). The van der Waals surface area contributed by atoms with Crippen LogP contribution in [-0.2, 0) is 4.79 Å². The van der Waals surface area contributed by atoms with Crippen molar-refractivity contribution < 1.29 is 13.9 Å². The molecule has 0 radical (unpaired) electrons. The molecule has 0 bridgehead atoms. The van der Waals surface area contributed by atoms with Gasteiger partial charge in [0.1, 0.15) is 17.7 Å². The number of hydrogen-bond donors (Lipinski definition) is 2. The molecule has 2 unspecified atom stereocenters. The zero-order valence-corrected chi connectivity index (χ0v) is 10.7. The lowest BCUT2D eigenvalue weighted by Gasteiger charge is -2.15. The molecule has 4 nitrogen and oxygen atoms in total. The third-order valence-corrected chi connectivity index (χ3v) is 2.24. The van der Waals surface area contributed by atoms with E-state index in [1.165, 1.54) is 12.1 Å². The molecule has 0 aliphatic rings. The van der Waals surface area contributed by atoms with Gasteiger partial charge in [0.05, 0.1) is 6.54 Å². The number of ether oxygens (including phenoxy) is 1. The molecule has 0 spiro atoms. The number of carbonyl (C=O) groups excluding carboxylic acids is 1. The third kappa shape index (κ3) is 5.63. The smallest absolute Gasteiger partial charge is 0.221 e. The van der Waals surface area contributed by atoms with Gasteiger partial charge in [0, 0.05) is 12.5 Å². The van der Waals surface area contributed by atoms with Gasteiger partial charge in [-0.3, -0.25) is 4.79 Å². The van der Waals surface area contributed by atoms with Gasteiger partial charge >= 0.3 is 0 Å². The Morgan fingerprint density at radius 2 is 2.00 bits per heavy atom. The fraction of sp³-hybridized carbons (Fsp3) is 0.462. The minimum Gasteiger partial charge on any atom is -0.489 e. The second-order valence-corrected chi connectivity index (χ2v) is 4.37. The number of carbonyl (C=O) groups is 1. The maximum absolute atomic E-state index is 12.7. The van der Waals surface area contributed by atoms with Crippen LogP contribution in [0.1, 0.15) is 20.3 Å². The van der Waals surface area contributed by atoms with E-state index in [9.17, 15) is 9.18 Å². The fourth-order valence-corrected chi connectivity index (χ4v) is 1.41. The molecule has 1 amide bonds. The number of halogens is 1. The quantitative estimate of drug-likeness (QED) is 0.807. The van der Waals surface area contributed by atoms with E-state index in [0.29, 0.717) is 18.7 Å². The number of nitrogens with one attached hydrogen (secondary N) is 1. The summed E-state index contributed by atoms with van der Waals surface area (Å²) in [7, 11) is 0. The highest BCUT2D eigenvalue weighted by atomic mass is 19.1. The molecule has 3 N–H and O–H groups in total. The van der Waals surface area contributed by atoms with Crippen molar-refractivity contribution in [3.8, 4) is 5.75 Å². The van der Waals surface area contributed by atoms with Crippen LogP contribution in [0.3, 0.4) is 0 Å². The van der Waals surface area contributed by atoms with Gasteiger partial charge in [0.2, 0.25) is 5.91 Å². The van der Waals surface area contributed by atoms with E-state index in [1.807, 2.05) is 6.92 Å². The lowest BCUT2D eigenvalue weighted by Crippen LogP contribution is -2.36. The lowest BCUT2D eigenvalue weighted by atomic mass is 10.2. The number of hydrogen-bond acceptors (Lipinski definition) is 3. The lowest BCUT2D eigenvalue weighted by molar-refractivity contribution is -0.121. The first-order valence-corrected chi connectivity index (χ1v) is 5.92. The summed E-state index contributed by atoms with van der Waals surface area (Å²) >= 11 is 0. The molecule has 0 aliphatic heterocycles. The molecule has 18 heavy (non-hydrogen) atoms. The first-order valence-electron chi connectivity index (χ1n) is 5.92. The minimum absolute atomic E-state index is 0.0976. The van der Waals surface area contributed by atoms with E-state index in [0.717, 1.165) is 0 Å². The minimum atomic E-state index is -0.305. The molecule has 0 saturated heterocycles. The maximum Gasteiger partial charge on any atom is 0.221 e. The summed E-state index contributed by atoms with van der Waals surface area (Å²) in [5.41, 5.74) is 5.51. The molecule has 0 saturated carbocycles. The molecule has 0 fully saturated rings. The normalized spacial score (nSPS) is 13.8. The van der Waals surface area contributed by atoms with Crippen LogP contribution < -0.4 is 15.8 Å². The fourth-order valence-electron chi connectivity index (χ4n) is 1.41. The van der Waals surface area contributed by atoms with Crippen LogP contribution in [0.5, 0.6) is 5.75 Å². The monoisotopic (exact) mass is 254 g/mol. The average molecular weight is 254 g/mol. The summed E-state index contributed by atoms with van der Waals surface area (Å²) in [6.45, 7) is 4.00. The Bertz CT molecular complexity index is 379. The van der Waals surface area contributed by atoms with Crippen LogP contribution in [0.15, 0.2) is 24.3 Å². The Morgan fingerprint density at radius 3 is 2.56 bits per heavy atom. The molecule has 1 aromatic rings. The summed E-state index contributed by atoms with van der Waals surface area (Å²) in [5, 5.41) is 2.73. The van der Waals surface area contributed by atoms with Gasteiger partial charge in [-0.1, -0.05) is 0 Å². The van der Waals surface area contributed by atoms with E-state index in [-0.39, 0.29) is 23.9 Å². The molecule has 0 aliphatic carbocycles. The SMILES string of the molecule is CC(N)CC(=O)NCC(C)Oc1ccc(F)cc1. The van der Waals surface area contributed by atoms with Crippen LogP contribution in [0.4, 0.5) is 4.39 Å². The Hall–Kier alpha value is -1.62. The second kappa shape index (κ2) is 6.96. The van der Waals surface area contributed by atoms with E-state index < -0.39 is 0 Å². The van der Waals surface area contributed by atoms with E-state index in [2.05, 4.69) is 5.32 Å². The Kier molecular flexibility index (Phi) is 5.58. The number of amides is 1. The first-order chi connectivity index (χ1) is 8.47. The molecule has 5 heteroatoms. The van der Waals surface area contributed by atoms with Crippen LogP contribution in [0.25, 0.3) is 0 Å². The first kappa shape index (κ1) is 14.4. The van der Waals surface area contributed by atoms with Gasteiger partial charge in [-0.15, -0.1) is 0 Å². The second-order valence-electron chi connectivity index (χ2n) is 4.37. The highest BCUT2D eigenvalue weighted by Crippen LogP contribution is 2.12. The molecular formula is C13H19FN2O2. The van der Waals surface area contributed by atoms with E-state index in [4.69, 9.17) is 10.5 Å². The zero-order valence-electron chi connectivity index (χ0n) is 10.7. The molecule has 0 aromatic heterocycles. The largest absolute Gasteiger partial charge is 0.489 e. The van der Waals surface area contributed by atoms with Crippen molar-refractivity contribution in [3.63, 3.8) is 0 Å². The van der Waals surface area contributed by atoms with Crippen LogP contribution in [-0.4, -0.2) is 24.6 Å². The van der Waals surface area contributed by atoms with Crippen molar-refractivity contribution in [2.45, 2.75) is 32.4 Å². The Balaban J connectivity index is 2.31. The third-order valence-electron chi connectivity index (χ3n) is 2.24. The van der Waals surface area contributed by atoms with Crippen LogP contribution in [0.2, 0.25) is 0 Å². The van der Waals surface area contributed by atoms with Gasteiger partial charge < -0.3 is 15.8 Å². The van der Waals surface area contributed by atoms with Gasteiger partial charge in [0.15, 0.2) is 0 Å². The van der Waals surface area contributed by atoms with Crippen molar-refractivity contribution in [1.82, 2.24) is 5.32 Å². The Labute approximate surface area is 106 Å². The van der Waals surface area contributed by atoms with Crippen LogP contribution in [0, 0.1) is 5.82 Å². The average Bonchev–Trinajstić information content (AvgIpc) is 2.29. The van der Waals surface area contributed by atoms with Crippen LogP contribution >= 0.6 is 0 Å². The summed E-state index contributed by atoms with van der Waals surface area (Å²) in [6.07, 6.45) is 0.107. The van der Waals surface area contributed by atoms with Gasteiger partial charge in [-0.25, -0.2) is 4.39 Å². The Morgan fingerprint density at radius 1 is 1.39 bits per heavy atom. The van der Waals surface area contributed by atoms with Gasteiger partial charge in [-0.2, -0.15) is 0 Å². The molecule has 0 heterocycles. The van der Waals surface area contributed by atoms with Gasteiger partial charge in [0.25, 0.3) is 0 Å². The predicted octanol–water partition coefficient (Wildman–Crippen LogP) is 1.45. The molecule has 100 valence electrons.